The number of aryl methyl sites for hydroxylation is 1. The predicted molar refractivity (Wildman–Crippen MR) is 83.6 cm³/mol. The number of hydrogen-bond acceptors (Lipinski definition) is 2. The van der Waals surface area contributed by atoms with E-state index < -0.39 is 5.97 Å². The van der Waals surface area contributed by atoms with Crippen molar-refractivity contribution in [2.24, 2.45) is 0 Å². The molecule has 21 heavy (non-hydrogen) atoms. The highest BCUT2D eigenvalue weighted by atomic mass is 16.4. The molecule has 3 N–H and O–H groups in total. The highest BCUT2D eigenvalue weighted by molar-refractivity contribution is 5.95. The normalized spacial score (nSPS) is 10.9. The summed E-state index contributed by atoms with van der Waals surface area (Å²) in [6.45, 7) is 2.55. The molecule has 0 aliphatic rings. The van der Waals surface area contributed by atoms with Crippen LogP contribution in [0, 0.1) is 6.92 Å². The van der Waals surface area contributed by atoms with E-state index in [9.17, 15) is 9.90 Å². The van der Waals surface area contributed by atoms with E-state index in [1.807, 2.05) is 22.9 Å². The summed E-state index contributed by atoms with van der Waals surface area (Å²) >= 11 is 0. The van der Waals surface area contributed by atoms with Crippen LogP contribution in [0.3, 0.4) is 0 Å². The highest BCUT2D eigenvalue weighted by Crippen LogP contribution is 2.23. The molecule has 0 amide bonds. The number of nitrogens with zero attached hydrogens (tertiary/aromatic N) is 1. The molecule has 0 bridgehead atoms. The molecular weight excluding hydrogens is 264 g/mol. The Morgan fingerprint density at radius 3 is 2.71 bits per heavy atom. The molecule has 3 rings (SSSR count). The lowest BCUT2D eigenvalue weighted by atomic mass is 10.1. The Morgan fingerprint density at radius 2 is 1.95 bits per heavy atom. The monoisotopic (exact) mass is 280 g/mol. The molecule has 0 spiro atoms. The lowest BCUT2D eigenvalue weighted by molar-refractivity contribution is 0.0697. The maximum absolute atomic E-state index is 11.4. The van der Waals surface area contributed by atoms with Gasteiger partial charge in [-0.1, -0.05) is 24.3 Å². The van der Waals surface area contributed by atoms with Crippen LogP contribution in [0.5, 0.6) is 0 Å². The highest BCUT2D eigenvalue weighted by Gasteiger charge is 2.14. The average Bonchev–Trinajstić information content (AvgIpc) is 2.83. The summed E-state index contributed by atoms with van der Waals surface area (Å²) in [6.07, 6.45) is 1.98. The van der Waals surface area contributed by atoms with Gasteiger partial charge >= 0.3 is 5.97 Å². The van der Waals surface area contributed by atoms with Gasteiger partial charge in [0.1, 0.15) is 0 Å². The van der Waals surface area contributed by atoms with E-state index in [1.165, 1.54) is 10.9 Å². The number of aromatic nitrogens is 1. The maximum atomic E-state index is 11.4. The number of fused-ring (bicyclic) bond motifs is 1. The summed E-state index contributed by atoms with van der Waals surface area (Å²) in [4.78, 5) is 11.4. The van der Waals surface area contributed by atoms with Crippen LogP contribution >= 0.6 is 0 Å². The van der Waals surface area contributed by atoms with E-state index in [4.69, 9.17) is 5.73 Å². The van der Waals surface area contributed by atoms with E-state index in [0.29, 0.717) is 17.8 Å². The number of carboxylic acids is 1. The third-order valence-electron chi connectivity index (χ3n) is 3.77. The van der Waals surface area contributed by atoms with Crippen molar-refractivity contribution in [1.82, 2.24) is 4.57 Å². The van der Waals surface area contributed by atoms with Crippen molar-refractivity contribution in [1.29, 1.82) is 0 Å². The van der Waals surface area contributed by atoms with Crippen LogP contribution in [0.4, 0.5) is 5.69 Å². The van der Waals surface area contributed by atoms with Gasteiger partial charge in [0.15, 0.2) is 0 Å². The summed E-state index contributed by atoms with van der Waals surface area (Å²) in [5.41, 5.74) is 9.29. The molecule has 0 saturated carbocycles. The molecule has 3 aromatic rings. The molecule has 0 radical (unpaired) electrons. The van der Waals surface area contributed by atoms with Gasteiger partial charge in [0, 0.05) is 29.3 Å². The smallest absolute Gasteiger partial charge is 0.338 e. The molecule has 1 aromatic heterocycles. The van der Waals surface area contributed by atoms with Gasteiger partial charge in [0.25, 0.3) is 0 Å². The van der Waals surface area contributed by atoms with E-state index in [2.05, 4.69) is 19.1 Å². The van der Waals surface area contributed by atoms with Crippen LogP contribution in [0.25, 0.3) is 10.9 Å². The number of aromatic carboxylic acids is 1. The Kier molecular flexibility index (Phi) is 3.14. The van der Waals surface area contributed by atoms with Gasteiger partial charge in [0.05, 0.1) is 5.56 Å². The van der Waals surface area contributed by atoms with Gasteiger partial charge < -0.3 is 15.4 Å². The number of nitrogen functional groups attached to an aromatic ring is 1. The van der Waals surface area contributed by atoms with Gasteiger partial charge in [-0.2, -0.15) is 0 Å². The number of rotatable bonds is 3. The first kappa shape index (κ1) is 13.2. The summed E-state index contributed by atoms with van der Waals surface area (Å²) in [5, 5.41) is 10.5. The summed E-state index contributed by atoms with van der Waals surface area (Å²) in [6, 6.07) is 13.4. The Morgan fingerprint density at radius 1 is 1.19 bits per heavy atom. The van der Waals surface area contributed by atoms with Crippen LogP contribution in [0.15, 0.2) is 48.7 Å². The van der Waals surface area contributed by atoms with E-state index in [-0.39, 0.29) is 5.56 Å². The maximum Gasteiger partial charge on any atom is 0.338 e. The standard InChI is InChI=1S/C17H16N2O2/c1-11-4-2-7-15-13(11)8-9-19(15)10-12-5-3-6-14(18)16(12)17(20)21/h2-9H,10,18H2,1H3,(H,20,21). The Balaban J connectivity index is 2.10. The first-order valence-electron chi connectivity index (χ1n) is 6.73. The summed E-state index contributed by atoms with van der Waals surface area (Å²) in [7, 11) is 0. The third-order valence-corrected chi connectivity index (χ3v) is 3.77. The van der Waals surface area contributed by atoms with E-state index in [0.717, 1.165) is 5.52 Å². The zero-order chi connectivity index (χ0) is 15.0. The molecule has 4 heteroatoms. The topological polar surface area (TPSA) is 68.2 Å². The molecule has 0 fully saturated rings. The Hall–Kier alpha value is -2.75. The minimum Gasteiger partial charge on any atom is -0.478 e. The van der Waals surface area contributed by atoms with Crippen molar-refractivity contribution in [2.45, 2.75) is 13.5 Å². The van der Waals surface area contributed by atoms with Crippen molar-refractivity contribution in [3.05, 3.63) is 65.4 Å². The molecule has 0 saturated heterocycles. The lowest BCUT2D eigenvalue weighted by Gasteiger charge is -2.11. The van der Waals surface area contributed by atoms with E-state index >= 15 is 0 Å². The molecule has 1 heterocycles. The zero-order valence-corrected chi connectivity index (χ0v) is 11.7. The molecule has 106 valence electrons. The van der Waals surface area contributed by atoms with Gasteiger partial charge in [-0.15, -0.1) is 0 Å². The third kappa shape index (κ3) is 2.25. The van der Waals surface area contributed by atoms with Gasteiger partial charge in [-0.05, 0) is 36.2 Å². The quantitative estimate of drug-likeness (QED) is 0.723. The minimum absolute atomic E-state index is 0.187. The molecule has 0 aliphatic heterocycles. The molecule has 2 aromatic carbocycles. The number of hydrogen-bond donors (Lipinski definition) is 2. The van der Waals surface area contributed by atoms with Crippen LogP contribution in [0.1, 0.15) is 21.5 Å². The van der Waals surface area contributed by atoms with Gasteiger partial charge in [0.2, 0.25) is 0 Å². The SMILES string of the molecule is Cc1cccc2c1ccn2Cc1cccc(N)c1C(=O)O. The Labute approximate surface area is 122 Å². The van der Waals surface area contributed by atoms with Crippen molar-refractivity contribution in [2.75, 3.05) is 5.73 Å². The van der Waals surface area contributed by atoms with Crippen LogP contribution in [-0.4, -0.2) is 15.6 Å². The van der Waals surface area contributed by atoms with Gasteiger partial charge in [-0.3, -0.25) is 0 Å². The number of benzene rings is 2. The molecular formula is C17H16N2O2. The fraction of sp³-hybridized carbons (Fsp3) is 0.118. The second-order valence-electron chi connectivity index (χ2n) is 5.14. The first-order valence-corrected chi connectivity index (χ1v) is 6.73. The molecule has 0 aliphatic carbocycles. The molecule has 0 atom stereocenters. The van der Waals surface area contributed by atoms with Crippen LogP contribution in [-0.2, 0) is 6.54 Å². The van der Waals surface area contributed by atoms with Gasteiger partial charge in [-0.25, -0.2) is 4.79 Å². The van der Waals surface area contributed by atoms with Crippen LogP contribution in [0.2, 0.25) is 0 Å². The van der Waals surface area contributed by atoms with E-state index in [1.54, 1.807) is 18.2 Å². The number of nitrogens with two attached hydrogens (primary N) is 1. The zero-order valence-electron chi connectivity index (χ0n) is 11.7. The minimum atomic E-state index is -0.990. The summed E-state index contributed by atoms with van der Waals surface area (Å²) in [5.74, 6) is -0.990. The number of anilines is 1. The predicted octanol–water partition coefficient (Wildman–Crippen LogP) is 3.28. The van der Waals surface area contributed by atoms with Crippen molar-refractivity contribution < 1.29 is 9.90 Å². The fourth-order valence-corrected chi connectivity index (χ4v) is 2.71. The van der Waals surface area contributed by atoms with Crippen molar-refractivity contribution in [3.8, 4) is 0 Å². The average molecular weight is 280 g/mol. The second-order valence-corrected chi connectivity index (χ2v) is 5.14. The van der Waals surface area contributed by atoms with Crippen molar-refractivity contribution >= 4 is 22.6 Å². The molecule has 4 nitrogen and oxygen atoms in total. The summed E-state index contributed by atoms with van der Waals surface area (Å²) < 4.78 is 2.05. The number of carbonyl (C=O) groups is 1. The Bertz CT molecular complexity index is 834. The van der Waals surface area contributed by atoms with Crippen molar-refractivity contribution in [3.63, 3.8) is 0 Å². The molecule has 0 unspecified atom stereocenters. The number of carboxylic acid groups (broad SMARTS) is 1. The lowest BCUT2D eigenvalue weighted by Crippen LogP contribution is -2.09. The second kappa shape index (κ2) is 4.98. The van der Waals surface area contributed by atoms with Crippen LogP contribution < -0.4 is 5.73 Å². The first-order chi connectivity index (χ1) is 10.1. The fourth-order valence-electron chi connectivity index (χ4n) is 2.71. The largest absolute Gasteiger partial charge is 0.478 e.